The molecule has 0 amide bonds. The number of thioether (sulfide) groups is 1. The van der Waals surface area contributed by atoms with Crippen LogP contribution in [0.5, 0.6) is 0 Å². The number of likely N-dealkylation sites (N-methyl/N-ethyl adjacent to an activating group) is 2. The summed E-state index contributed by atoms with van der Waals surface area (Å²) in [6.45, 7) is 5.65. The molecule has 0 spiro atoms. The molecule has 0 aliphatic heterocycles. The summed E-state index contributed by atoms with van der Waals surface area (Å²) in [6.07, 6.45) is 3.45. The summed E-state index contributed by atoms with van der Waals surface area (Å²) in [5.41, 5.74) is 0. The largest absolute Gasteiger partial charge is 0.318 e. The predicted octanol–water partition coefficient (Wildman–Crippen LogP) is 1.67. The van der Waals surface area contributed by atoms with E-state index < -0.39 is 0 Å². The van der Waals surface area contributed by atoms with Gasteiger partial charge >= 0.3 is 0 Å². The van der Waals surface area contributed by atoms with Crippen LogP contribution in [0, 0.1) is 0 Å². The molecular formula is C10H24N2S. The molecule has 0 bridgehead atoms. The van der Waals surface area contributed by atoms with Crippen LogP contribution in [0.4, 0.5) is 0 Å². The predicted molar refractivity (Wildman–Crippen MR) is 63.6 cm³/mol. The van der Waals surface area contributed by atoms with Gasteiger partial charge in [-0.3, -0.25) is 4.90 Å². The van der Waals surface area contributed by atoms with E-state index in [2.05, 4.69) is 37.4 Å². The first-order valence-electron chi connectivity index (χ1n) is 4.99. The fraction of sp³-hybridized carbons (Fsp3) is 1.00. The van der Waals surface area contributed by atoms with Gasteiger partial charge in [0.05, 0.1) is 0 Å². The molecule has 0 saturated heterocycles. The Morgan fingerprint density at radius 3 is 2.38 bits per heavy atom. The van der Waals surface area contributed by atoms with Gasteiger partial charge in [0.2, 0.25) is 0 Å². The van der Waals surface area contributed by atoms with Crippen LogP contribution in [-0.4, -0.2) is 49.6 Å². The Morgan fingerprint density at radius 2 is 1.92 bits per heavy atom. The van der Waals surface area contributed by atoms with E-state index in [1.165, 1.54) is 12.2 Å². The molecule has 2 nitrogen and oxygen atoms in total. The van der Waals surface area contributed by atoms with E-state index in [0.29, 0.717) is 12.1 Å². The minimum absolute atomic E-state index is 0.627. The molecule has 13 heavy (non-hydrogen) atoms. The van der Waals surface area contributed by atoms with Gasteiger partial charge in [0, 0.05) is 18.6 Å². The maximum absolute atomic E-state index is 3.21. The van der Waals surface area contributed by atoms with E-state index in [-0.39, 0.29) is 0 Å². The molecule has 0 rings (SSSR count). The molecule has 0 aromatic carbocycles. The van der Waals surface area contributed by atoms with Crippen molar-refractivity contribution in [3.8, 4) is 0 Å². The van der Waals surface area contributed by atoms with Crippen molar-refractivity contribution in [3.63, 3.8) is 0 Å². The van der Waals surface area contributed by atoms with Crippen molar-refractivity contribution in [1.29, 1.82) is 0 Å². The summed E-state index contributed by atoms with van der Waals surface area (Å²) in [6, 6.07) is 1.32. The third-order valence-electron chi connectivity index (χ3n) is 2.63. The average Bonchev–Trinajstić information content (AvgIpc) is 2.13. The van der Waals surface area contributed by atoms with Gasteiger partial charge in [-0.05, 0) is 46.4 Å². The third kappa shape index (κ3) is 5.55. The first-order chi connectivity index (χ1) is 6.13. The van der Waals surface area contributed by atoms with Crippen molar-refractivity contribution in [2.75, 3.05) is 32.6 Å². The minimum Gasteiger partial charge on any atom is -0.318 e. The molecule has 0 radical (unpaired) electrons. The van der Waals surface area contributed by atoms with Gasteiger partial charge in [-0.25, -0.2) is 0 Å². The molecule has 2 atom stereocenters. The Morgan fingerprint density at radius 1 is 1.31 bits per heavy atom. The fourth-order valence-electron chi connectivity index (χ4n) is 1.37. The van der Waals surface area contributed by atoms with Gasteiger partial charge < -0.3 is 5.32 Å². The highest BCUT2D eigenvalue weighted by Gasteiger charge is 2.14. The monoisotopic (exact) mass is 204 g/mol. The maximum atomic E-state index is 3.21. The number of nitrogens with zero attached hydrogens (tertiary/aromatic N) is 1. The highest BCUT2D eigenvalue weighted by molar-refractivity contribution is 7.98. The maximum Gasteiger partial charge on any atom is 0.0192 e. The normalized spacial score (nSPS) is 16.2. The van der Waals surface area contributed by atoms with E-state index in [1.807, 2.05) is 18.8 Å². The molecular weight excluding hydrogens is 180 g/mol. The quantitative estimate of drug-likeness (QED) is 0.679. The zero-order chi connectivity index (χ0) is 10.3. The van der Waals surface area contributed by atoms with Gasteiger partial charge in [0.1, 0.15) is 0 Å². The van der Waals surface area contributed by atoms with Crippen LogP contribution < -0.4 is 5.32 Å². The molecule has 0 fully saturated rings. The second kappa shape index (κ2) is 7.65. The number of nitrogens with one attached hydrogen (secondary N) is 1. The molecule has 0 aromatic rings. The van der Waals surface area contributed by atoms with E-state index in [0.717, 1.165) is 6.54 Å². The summed E-state index contributed by atoms with van der Waals surface area (Å²) >= 11 is 1.93. The van der Waals surface area contributed by atoms with Gasteiger partial charge in [-0.15, -0.1) is 0 Å². The standard InChI is InChI=1S/C10H24N2S/c1-9(6-7-13-5)12(4)10(2)8-11-3/h9-11H,6-8H2,1-5H3. The van der Waals surface area contributed by atoms with Crippen LogP contribution in [0.1, 0.15) is 20.3 Å². The minimum atomic E-state index is 0.627. The molecule has 3 heteroatoms. The molecule has 0 heterocycles. The topological polar surface area (TPSA) is 15.3 Å². The lowest BCUT2D eigenvalue weighted by Crippen LogP contribution is -2.42. The molecule has 2 unspecified atom stereocenters. The first-order valence-corrected chi connectivity index (χ1v) is 6.38. The second-order valence-corrected chi connectivity index (χ2v) is 4.69. The van der Waals surface area contributed by atoms with E-state index in [4.69, 9.17) is 0 Å². The van der Waals surface area contributed by atoms with Gasteiger partial charge in [-0.2, -0.15) is 11.8 Å². The third-order valence-corrected chi connectivity index (χ3v) is 3.27. The summed E-state index contributed by atoms with van der Waals surface area (Å²) in [7, 11) is 4.23. The van der Waals surface area contributed by atoms with E-state index >= 15 is 0 Å². The van der Waals surface area contributed by atoms with E-state index in [1.54, 1.807) is 0 Å². The van der Waals surface area contributed by atoms with Crippen LogP contribution >= 0.6 is 11.8 Å². The smallest absolute Gasteiger partial charge is 0.0192 e. The van der Waals surface area contributed by atoms with E-state index in [9.17, 15) is 0 Å². The van der Waals surface area contributed by atoms with Crippen molar-refractivity contribution >= 4 is 11.8 Å². The average molecular weight is 204 g/mol. The Bertz CT molecular complexity index is 119. The number of hydrogen-bond acceptors (Lipinski definition) is 3. The lowest BCUT2D eigenvalue weighted by molar-refractivity contribution is 0.191. The van der Waals surface area contributed by atoms with Crippen molar-refractivity contribution in [2.24, 2.45) is 0 Å². The van der Waals surface area contributed by atoms with Gasteiger partial charge in [0.25, 0.3) is 0 Å². The van der Waals surface area contributed by atoms with Crippen molar-refractivity contribution in [3.05, 3.63) is 0 Å². The fourth-order valence-corrected chi connectivity index (χ4v) is 1.94. The van der Waals surface area contributed by atoms with Crippen molar-refractivity contribution < 1.29 is 0 Å². The van der Waals surface area contributed by atoms with Crippen LogP contribution in [0.3, 0.4) is 0 Å². The van der Waals surface area contributed by atoms with Crippen LogP contribution in [-0.2, 0) is 0 Å². The second-order valence-electron chi connectivity index (χ2n) is 3.70. The number of rotatable bonds is 7. The Hall–Kier alpha value is 0.270. The first kappa shape index (κ1) is 13.3. The van der Waals surface area contributed by atoms with Gasteiger partial charge in [0.15, 0.2) is 0 Å². The molecule has 80 valence electrons. The van der Waals surface area contributed by atoms with Gasteiger partial charge in [-0.1, -0.05) is 0 Å². The Balaban J connectivity index is 3.71. The highest BCUT2D eigenvalue weighted by Crippen LogP contribution is 2.08. The lowest BCUT2D eigenvalue weighted by atomic mass is 10.2. The molecule has 1 N–H and O–H groups in total. The van der Waals surface area contributed by atoms with Crippen molar-refractivity contribution in [2.45, 2.75) is 32.4 Å². The number of hydrogen-bond donors (Lipinski definition) is 1. The SMILES string of the molecule is CNCC(C)N(C)C(C)CCSC. The summed E-state index contributed by atoms with van der Waals surface area (Å²) in [5, 5.41) is 3.21. The van der Waals surface area contributed by atoms with Crippen LogP contribution in [0.15, 0.2) is 0 Å². The van der Waals surface area contributed by atoms with Crippen molar-refractivity contribution in [1.82, 2.24) is 10.2 Å². The molecule has 0 aliphatic rings. The molecule has 0 aromatic heterocycles. The Kier molecular flexibility index (Phi) is 7.81. The highest BCUT2D eigenvalue weighted by atomic mass is 32.2. The zero-order valence-corrected chi connectivity index (χ0v) is 10.4. The lowest BCUT2D eigenvalue weighted by Gasteiger charge is -2.30. The summed E-state index contributed by atoms with van der Waals surface area (Å²) < 4.78 is 0. The van der Waals surface area contributed by atoms with Crippen LogP contribution in [0.25, 0.3) is 0 Å². The Labute approximate surface area is 87.5 Å². The summed E-state index contributed by atoms with van der Waals surface area (Å²) in [4.78, 5) is 2.45. The zero-order valence-electron chi connectivity index (χ0n) is 9.63. The summed E-state index contributed by atoms with van der Waals surface area (Å²) in [5.74, 6) is 1.26. The molecule has 0 saturated carbocycles. The molecule has 0 aliphatic carbocycles. The van der Waals surface area contributed by atoms with Crippen LogP contribution in [0.2, 0.25) is 0 Å².